The Bertz CT molecular complexity index is 390. The minimum atomic E-state index is -0.143. The summed E-state index contributed by atoms with van der Waals surface area (Å²) in [6, 6.07) is 5.47. The Balaban J connectivity index is 2.04. The summed E-state index contributed by atoms with van der Waals surface area (Å²) in [6.45, 7) is 3.23. The van der Waals surface area contributed by atoms with Crippen LogP contribution < -0.4 is 5.32 Å². The molecule has 1 saturated carbocycles. The predicted molar refractivity (Wildman–Crippen MR) is 77.2 cm³/mol. The molecule has 0 saturated heterocycles. The summed E-state index contributed by atoms with van der Waals surface area (Å²) in [7, 11) is 0. The second-order valence-corrected chi connectivity index (χ2v) is 6.05. The maximum absolute atomic E-state index is 13.3. The van der Waals surface area contributed by atoms with Crippen molar-refractivity contribution in [1.82, 2.24) is 5.32 Å². The SMILES string of the molecule is CCCNC(Cc1cc(F)ccc1Br)C1CCC1. The lowest BCUT2D eigenvalue weighted by atomic mass is 9.77. The molecule has 1 N–H and O–H groups in total. The third kappa shape index (κ3) is 3.55. The second kappa shape index (κ2) is 6.67. The molecule has 0 spiro atoms. The largest absolute Gasteiger partial charge is 0.313 e. The first kappa shape index (κ1) is 14.0. The maximum Gasteiger partial charge on any atom is 0.123 e. The monoisotopic (exact) mass is 313 g/mol. The quantitative estimate of drug-likeness (QED) is 0.825. The maximum atomic E-state index is 13.3. The van der Waals surface area contributed by atoms with Crippen LogP contribution in [0.4, 0.5) is 4.39 Å². The van der Waals surface area contributed by atoms with Gasteiger partial charge in [-0.05, 0) is 61.9 Å². The van der Waals surface area contributed by atoms with Gasteiger partial charge >= 0.3 is 0 Å². The minimum absolute atomic E-state index is 0.143. The number of hydrogen-bond acceptors (Lipinski definition) is 1. The molecular weight excluding hydrogens is 293 g/mol. The smallest absolute Gasteiger partial charge is 0.123 e. The Hall–Kier alpha value is -0.410. The van der Waals surface area contributed by atoms with E-state index in [1.54, 1.807) is 6.07 Å². The highest BCUT2D eigenvalue weighted by molar-refractivity contribution is 9.10. The van der Waals surface area contributed by atoms with Crippen molar-refractivity contribution in [3.63, 3.8) is 0 Å². The average Bonchev–Trinajstić information content (AvgIpc) is 2.28. The fraction of sp³-hybridized carbons (Fsp3) is 0.600. The average molecular weight is 314 g/mol. The van der Waals surface area contributed by atoms with Crippen LogP contribution in [0, 0.1) is 11.7 Å². The number of nitrogens with one attached hydrogen (secondary N) is 1. The highest BCUT2D eigenvalue weighted by Crippen LogP contribution is 2.32. The van der Waals surface area contributed by atoms with Crippen LogP contribution in [0.5, 0.6) is 0 Å². The Morgan fingerprint density at radius 3 is 2.83 bits per heavy atom. The Kier molecular flexibility index (Phi) is 5.19. The van der Waals surface area contributed by atoms with Gasteiger partial charge in [-0.15, -0.1) is 0 Å². The van der Waals surface area contributed by atoms with Gasteiger partial charge in [0.1, 0.15) is 5.82 Å². The van der Waals surface area contributed by atoms with Crippen molar-refractivity contribution in [2.45, 2.75) is 45.1 Å². The molecule has 100 valence electrons. The molecule has 0 radical (unpaired) electrons. The minimum Gasteiger partial charge on any atom is -0.313 e. The number of hydrogen-bond donors (Lipinski definition) is 1. The summed E-state index contributed by atoms with van der Waals surface area (Å²) in [5.74, 6) is 0.628. The van der Waals surface area contributed by atoms with E-state index in [0.717, 1.165) is 35.3 Å². The van der Waals surface area contributed by atoms with Crippen LogP contribution >= 0.6 is 15.9 Å². The molecule has 1 fully saturated rings. The second-order valence-electron chi connectivity index (χ2n) is 5.19. The molecule has 1 nitrogen and oxygen atoms in total. The molecule has 3 heteroatoms. The van der Waals surface area contributed by atoms with Gasteiger partial charge < -0.3 is 5.32 Å². The highest BCUT2D eigenvalue weighted by Gasteiger charge is 2.27. The fourth-order valence-corrected chi connectivity index (χ4v) is 2.92. The van der Waals surface area contributed by atoms with Crippen molar-refractivity contribution in [2.24, 2.45) is 5.92 Å². The molecule has 0 heterocycles. The van der Waals surface area contributed by atoms with Gasteiger partial charge in [0.05, 0.1) is 0 Å². The van der Waals surface area contributed by atoms with E-state index in [9.17, 15) is 4.39 Å². The summed E-state index contributed by atoms with van der Waals surface area (Å²) in [5, 5.41) is 3.62. The molecule has 0 aliphatic heterocycles. The number of benzene rings is 1. The Morgan fingerprint density at radius 2 is 2.22 bits per heavy atom. The van der Waals surface area contributed by atoms with Gasteiger partial charge in [0.15, 0.2) is 0 Å². The van der Waals surface area contributed by atoms with Gasteiger partial charge in [-0.2, -0.15) is 0 Å². The van der Waals surface area contributed by atoms with Crippen molar-refractivity contribution in [3.05, 3.63) is 34.1 Å². The molecule has 1 aliphatic carbocycles. The molecule has 1 aliphatic rings. The zero-order valence-corrected chi connectivity index (χ0v) is 12.5. The van der Waals surface area contributed by atoms with Crippen molar-refractivity contribution in [3.8, 4) is 0 Å². The van der Waals surface area contributed by atoms with Crippen LogP contribution in [-0.2, 0) is 6.42 Å². The van der Waals surface area contributed by atoms with Crippen molar-refractivity contribution in [1.29, 1.82) is 0 Å². The lowest BCUT2D eigenvalue weighted by Crippen LogP contribution is -2.41. The lowest BCUT2D eigenvalue weighted by Gasteiger charge is -2.35. The Labute approximate surface area is 117 Å². The van der Waals surface area contributed by atoms with Gasteiger partial charge in [0.25, 0.3) is 0 Å². The normalized spacial score (nSPS) is 17.5. The molecule has 1 atom stereocenters. The van der Waals surface area contributed by atoms with Crippen molar-refractivity contribution < 1.29 is 4.39 Å². The third-order valence-corrected chi connectivity index (χ3v) is 4.60. The van der Waals surface area contributed by atoms with Gasteiger partial charge in [-0.1, -0.05) is 29.3 Å². The third-order valence-electron chi connectivity index (χ3n) is 3.82. The molecule has 1 aromatic rings. The molecule has 1 unspecified atom stereocenters. The zero-order chi connectivity index (χ0) is 13.0. The van der Waals surface area contributed by atoms with Gasteiger partial charge in [-0.25, -0.2) is 4.39 Å². The predicted octanol–water partition coefficient (Wildman–Crippen LogP) is 4.30. The summed E-state index contributed by atoms with van der Waals surface area (Å²) in [4.78, 5) is 0. The topological polar surface area (TPSA) is 12.0 Å². The van der Waals surface area contributed by atoms with Gasteiger partial charge in [0, 0.05) is 10.5 Å². The van der Waals surface area contributed by atoms with Crippen LogP contribution in [0.1, 0.15) is 38.2 Å². The van der Waals surface area contributed by atoms with E-state index in [0.29, 0.717) is 6.04 Å². The highest BCUT2D eigenvalue weighted by atomic mass is 79.9. The molecular formula is C15H21BrFN. The van der Waals surface area contributed by atoms with Crippen LogP contribution in [0.15, 0.2) is 22.7 Å². The van der Waals surface area contributed by atoms with Gasteiger partial charge in [0.2, 0.25) is 0 Å². The first-order valence-electron chi connectivity index (χ1n) is 6.88. The van der Waals surface area contributed by atoms with Crippen molar-refractivity contribution in [2.75, 3.05) is 6.54 Å². The Morgan fingerprint density at radius 1 is 1.44 bits per heavy atom. The van der Waals surface area contributed by atoms with Crippen molar-refractivity contribution >= 4 is 15.9 Å². The van der Waals surface area contributed by atoms with E-state index in [-0.39, 0.29) is 5.82 Å². The summed E-state index contributed by atoms with van der Waals surface area (Å²) < 4.78 is 14.3. The van der Waals surface area contributed by atoms with E-state index >= 15 is 0 Å². The summed E-state index contributed by atoms with van der Waals surface area (Å²) >= 11 is 3.52. The fourth-order valence-electron chi connectivity index (χ4n) is 2.51. The van der Waals surface area contributed by atoms with Crippen LogP contribution in [0.2, 0.25) is 0 Å². The molecule has 0 bridgehead atoms. The number of rotatable bonds is 6. The van der Waals surface area contributed by atoms with E-state index in [2.05, 4.69) is 28.2 Å². The zero-order valence-electron chi connectivity index (χ0n) is 10.9. The van der Waals surface area contributed by atoms with Crippen LogP contribution in [-0.4, -0.2) is 12.6 Å². The number of halogens is 2. The standard InChI is InChI=1S/C15H21BrFN/c1-2-8-18-15(11-4-3-5-11)10-12-9-13(17)6-7-14(12)16/h6-7,9,11,15,18H,2-5,8,10H2,1H3. The van der Waals surface area contributed by atoms with E-state index in [1.807, 2.05) is 6.07 Å². The molecule has 1 aromatic carbocycles. The van der Waals surface area contributed by atoms with Gasteiger partial charge in [-0.3, -0.25) is 0 Å². The molecule has 0 amide bonds. The first-order chi connectivity index (χ1) is 8.70. The van der Waals surface area contributed by atoms with E-state index < -0.39 is 0 Å². The van der Waals surface area contributed by atoms with E-state index in [1.165, 1.54) is 25.3 Å². The lowest BCUT2D eigenvalue weighted by molar-refractivity contribution is 0.227. The summed E-state index contributed by atoms with van der Waals surface area (Å²) in [5.41, 5.74) is 1.08. The molecule has 0 aromatic heterocycles. The first-order valence-corrected chi connectivity index (χ1v) is 7.67. The molecule has 2 rings (SSSR count). The van der Waals surface area contributed by atoms with E-state index in [4.69, 9.17) is 0 Å². The van der Waals surface area contributed by atoms with Crippen LogP contribution in [0.25, 0.3) is 0 Å². The summed E-state index contributed by atoms with van der Waals surface area (Å²) in [6.07, 6.45) is 6.04. The molecule has 18 heavy (non-hydrogen) atoms. The van der Waals surface area contributed by atoms with Crippen LogP contribution in [0.3, 0.4) is 0 Å².